The predicted molar refractivity (Wildman–Crippen MR) is 222 cm³/mol. The molecule has 0 aliphatic carbocycles. The summed E-state index contributed by atoms with van der Waals surface area (Å²) in [4.78, 5) is 46.1. The highest BCUT2D eigenvalue weighted by molar-refractivity contribution is 7.19. The Morgan fingerprint density at radius 2 is 1.23 bits per heavy atom. The maximum absolute atomic E-state index is 11.8. The highest BCUT2D eigenvalue weighted by Gasteiger charge is 2.16. The molecule has 0 amide bonds. The maximum atomic E-state index is 11.8. The van der Waals surface area contributed by atoms with Crippen LogP contribution in [-0.2, 0) is 28.7 Å². The first kappa shape index (κ1) is 38.6. The number of thiophene rings is 2. The van der Waals surface area contributed by atoms with Crippen LogP contribution in [0.15, 0.2) is 78.9 Å². The normalized spacial score (nSPS) is 11.9. The SMILES string of the molecule is CCc1cc2c(Cl)nc(-c3ccc(C(=O)OC)cc3)nc2s1.CCc1cc2c(NCCc3ccc4c(c3)OCCO4)nc(-c3ccc(C(=O)OC)cc3)nc2s1. The fourth-order valence-electron chi connectivity index (χ4n) is 5.96. The molecule has 1 aliphatic heterocycles. The molecule has 56 heavy (non-hydrogen) atoms. The average Bonchev–Trinajstić information content (AvgIpc) is 3.88. The van der Waals surface area contributed by atoms with Gasteiger partial charge in [-0.3, -0.25) is 0 Å². The lowest BCUT2D eigenvalue weighted by Crippen LogP contribution is -2.15. The van der Waals surface area contributed by atoms with Crippen LogP contribution in [0.3, 0.4) is 0 Å². The highest BCUT2D eigenvalue weighted by atomic mass is 35.5. The summed E-state index contributed by atoms with van der Waals surface area (Å²) in [6, 6.07) is 24.4. The van der Waals surface area contributed by atoms with E-state index < -0.39 is 0 Å². The van der Waals surface area contributed by atoms with Gasteiger partial charge in [0.05, 0.1) is 30.7 Å². The predicted octanol–water partition coefficient (Wildman–Crippen LogP) is 9.49. The fourth-order valence-corrected chi connectivity index (χ4v) is 8.18. The van der Waals surface area contributed by atoms with Crippen LogP contribution in [0.4, 0.5) is 5.82 Å². The van der Waals surface area contributed by atoms with Gasteiger partial charge >= 0.3 is 11.9 Å². The van der Waals surface area contributed by atoms with Crippen LogP contribution < -0.4 is 14.8 Å². The zero-order valence-electron chi connectivity index (χ0n) is 31.2. The lowest BCUT2D eigenvalue weighted by molar-refractivity contribution is 0.0592. The van der Waals surface area contributed by atoms with Crippen LogP contribution in [-0.4, -0.2) is 65.9 Å². The molecule has 0 spiro atoms. The first-order valence-electron chi connectivity index (χ1n) is 18.0. The zero-order valence-corrected chi connectivity index (χ0v) is 33.6. The van der Waals surface area contributed by atoms with Crippen LogP contribution in [0.2, 0.25) is 5.15 Å². The minimum absolute atomic E-state index is 0.365. The third-order valence-corrected chi connectivity index (χ3v) is 11.6. The minimum atomic E-state index is -0.369. The number of benzene rings is 3. The largest absolute Gasteiger partial charge is 0.486 e. The monoisotopic (exact) mass is 807 g/mol. The Balaban J connectivity index is 0.000000189. The number of ether oxygens (including phenoxy) is 4. The van der Waals surface area contributed by atoms with E-state index in [1.807, 2.05) is 30.3 Å². The lowest BCUT2D eigenvalue weighted by atomic mass is 10.1. The molecule has 5 heterocycles. The van der Waals surface area contributed by atoms with E-state index in [2.05, 4.69) is 46.0 Å². The van der Waals surface area contributed by atoms with Gasteiger partial charge in [0.25, 0.3) is 0 Å². The number of halogens is 1. The average molecular weight is 808 g/mol. The van der Waals surface area contributed by atoms with Crippen molar-refractivity contribution in [3.05, 3.63) is 110 Å². The number of anilines is 1. The quantitative estimate of drug-likeness (QED) is 0.105. The number of esters is 2. The number of hydrogen-bond donors (Lipinski definition) is 1. The van der Waals surface area contributed by atoms with Crippen molar-refractivity contribution < 1.29 is 28.5 Å². The molecule has 0 saturated heterocycles. The molecule has 0 radical (unpaired) electrons. The summed E-state index contributed by atoms with van der Waals surface area (Å²) in [5.74, 6) is 2.85. The molecule has 1 N–H and O–H groups in total. The Hall–Kier alpha value is -5.63. The molecule has 3 aromatic carbocycles. The van der Waals surface area contributed by atoms with Gasteiger partial charge in [0, 0.05) is 32.8 Å². The Morgan fingerprint density at radius 1 is 0.696 bits per heavy atom. The molecule has 0 bridgehead atoms. The van der Waals surface area contributed by atoms with E-state index in [4.69, 9.17) is 35.8 Å². The fraction of sp³-hybridized carbons (Fsp3) is 0.238. The van der Waals surface area contributed by atoms with Gasteiger partial charge in [-0.2, -0.15) is 0 Å². The van der Waals surface area contributed by atoms with Crippen LogP contribution in [0.25, 0.3) is 43.2 Å². The Bertz CT molecular complexity index is 2520. The van der Waals surface area contributed by atoms with E-state index in [1.54, 1.807) is 59.1 Å². The molecule has 1 aliphatic rings. The van der Waals surface area contributed by atoms with Gasteiger partial charge in [0.2, 0.25) is 0 Å². The van der Waals surface area contributed by atoms with Crippen molar-refractivity contribution in [3.8, 4) is 34.3 Å². The first-order chi connectivity index (χ1) is 27.3. The standard InChI is InChI=1S/C26H25N3O4S.C16H13ClN2O2S/c1-3-19-15-20-24(27-11-10-16-4-9-21-22(14-16)33-13-12-32-21)28-23(29-25(20)34-19)17-5-7-18(8-6-17)26(30)31-2;1-3-11-8-12-13(17)18-14(19-15(12)22-11)9-4-6-10(7-5-9)16(20)21-2/h4-9,14-15H,3,10-13H2,1-2H3,(H,27,28,29);4-8H,3H2,1-2H3. The van der Waals surface area contributed by atoms with Crippen molar-refractivity contribution in [1.29, 1.82) is 0 Å². The summed E-state index contributed by atoms with van der Waals surface area (Å²) in [6.45, 7) is 6.11. The van der Waals surface area contributed by atoms with E-state index in [0.717, 1.165) is 68.1 Å². The first-order valence-corrected chi connectivity index (χ1v) is 20.0. The molecule has 7 aromatic rings. The topological polar surface area (TPSA) is 135 Å². The lowest BCUT2D eigenvalue weighted by Gasteiger charge is -2.19. The summed E-state index contributed by atoms with van der Waals surface area (Å²) in [5.41, 5.74) is 3.80. The number of hydrogen-bond acceptors (Lipinski definition) is 13. The molecular formula is C42H38ClN5O6S2. The van der Waals surface area contributed by atoms with E-state index in [9.17, 15) is 9.59 Å². The number of fused-ring (bicyclic) bond motifs is 3. The van der Waals surface area contributed by atoms with E-state index in [1.165, 1.54) is 29.5 Å². The molecule has 286 valence electrons. The number of aryl methyl sites for hydroxylation is 2. The van der Waals surface area contributed by atoms with Gasteiger partial charge in [0.15, 0.2) is 23.1 Å². The zero-order chi connectivity index (χ0) is 39.2. The number of methoxy groups -OCH3 is 2. The van der Waals surface area contributed by atoms with Crippen molar-refractivity contribution in [2.75, 3.05) is 39.3 Å². The van der Waals surface area contributed by atoms with Crippen LogP contribution in [0.1, 0.15) is 49.9 Å². The Morgan fingerprint density at radius 3 is 1.80 bits per heavy atom. The molecule has 8 rings (SSSR count). The third-order valence-electron chi connectivity index (χ3n) is 8.98. The number of nitrogens with zero attached hydrogens (tertiary/aromatic N) is 4. The second-order valence-corrected chi connectivity index (χ2v) is 15.2. The second kappa shape index (κ2) is 17.4. The van der Waals surface area contributed by atoms with Gasteiger partial charge in [0.1, 0.15) is 33.8 Å². The van der Waals surface area contributed by atoms with Gasteiger partial charge in [-0.1, -0.05) is 55.8 Å². The van der Waals surface area contributed by atoms with E-state index in [0.29, 0.717) is 47.7 Å². The third kappa shape index (κ3) is 8.60. The van der Waals surface area contributed by atoms with Crippen molar-refractivity contribution >= 4 is 72.5 Å². The van der Waals surface area contributed by atoms with Crippen LogP contribution >= 0.6 is 34.3 Å². The van der Waals surface area contributed by atoms with Crippen molar-refractivity contribution in [2.45, 2.75) is 33.1 Å². The van der Waals surface area contributed by atoms with Crippen LogP contribution in [0, 0.1) is 0 Å². The molecule has 11 nitrogen and oxygen atoms in total. The summed E-state index contributed by atoms with van der Waals surface area (Å²) in [6.07, 6.45) is 2.71. The van der Waals surface area contributed by atoms with Crippen molar-refractivity contribution in [1.82, 2.24) is 19.9 Å². The summed E-state index contributed by atoms with van der Waals surface area (Å²) >= 11 is 9.57. The molecule has 0 saturated carbocycles. The smallest absolute Gasteiger partial charge is 0.337 e. The van der Waals surface area contributed by atoms with E-state index in [-0.39, 0.29) is 11.9 Å². The van der Waals surface area contributed by atoms with Gasteiger partial charge in [-0.05, 0) is 73.4 Å². The molecule has 0 atom stereocenters. The van der Waals surface area contributed by atoms with Crippen molar-refractivity contribution in [3.63, 3.8) is 0 Å². The summed E-state index contributed by atoms with van der Waals surface area (Å²) < 4.78 is 20.8. The number of aromatic nitrogens is 4. The summed E-state index contributed by atoms with van der Waals surface area (Å²) in [5, 5.41) is 5.88. The number of rotatable bonds is 10. The van der Waals surface area contributed by atoms with Crippen LogP contribution in [0.5, 0.6) is 11.5 Å². The molecule has 0 fully saturated rings. The number of carbonyl (C=O) groups is 2. The molecule has 4 aromatic heterocycles. The molecule has 14 heteroatoms. The van der Waals surface area contributed by atoms with Gasteiger partial charge in [-0.25, -0.2) is 29.5 Å². The van der Waals surface area contributed by atoms with Gasteiger partial charge < -0.3 is 24.3 Å². The van der Waals surface area contributed by atoms with Gasteiger partial charge in [-0.15, -0.1) is 22.7 Å². The highest BCUT2D eigenvalue weighted by Crippen LogP contribution is 2.34. The minimum Gasteiger partial charge on any atom is -0.486 e. The molecule has 0 unspecified atom stereocenters. The van der Waals surface area contributed by atoms with Crippen molar-refractivity contribution in [2.24, 2.45) is 0 Å². The summed E-state index contributed by atoms with van der Waals surface area (Å²) in [7, 11) is 2.73. The Labute approximate surface area is 336 Å². The number of carbonyl (C=O) groups excluding carboxylic acids is 2. The number of nitrogens with one attached hydrogen (secondary N) is 1. The Kier molecular flexibility index (Phi) is 12.0. The second-order valence-electron chi connectivity index (χ2n) is 12.6. The maximum Gasteiger partial charge on any atom is 0.337 e. The van der Waals surface area contributed by atoms with E-state index >= 15 is 0 Å². The molecular weight excluding hydrogens is 770 g/mol.